The molecule has 1 aliphatic heterocycles. The molecule has 2 aromatic rings. The van der Waals surface area contributed by atoms with E-state index in [1.807, 2.05) is 18.2 Å². The summed E-state index contributed by atoms with van der Waals surface area (Å²) in [6, 6.07) is 12.2. The maximum Gasteiger partial charge on any atom is 0.225 e. The lowest BCUT2D eigenvalue weighted by Gasteiger charge is -2.21. The summed E-state index contributed by atoms with van der Waals surface area (Å²) in [5.41, 5.74) is 2.39. The van der Waals surface area contributed by atoms with Crippen molar-refractivity contribution in [2.75, 3.05) is 13.6 Å². The van der Waals surface area contributed by atoms with E-state index in [1.165, 1.54) is 16.0 Å². The summed E-state index contributed by atoms with van der Waals surface area (Å²) in [4.78, 5) is 27.2. The molecule has 4 nitrogen and oxygen atoms in total. The predicted octanol–water partition coefficient (Wildman–Crippen LogP) is 2.93. The second-order valence-corrected chi connectivity index (χ2v) is 7.34. The zero-order chi connectivity index (χ0) is 17.1. The summed E-state index contributed by atoms with van der Waals surface area (Å²) in [7, 11) is 1.75. The molecule has 1 aliphatic rings. The van der Waals surface area contributed by atoms with Gasteiger partial charge in [-0.05, 0) is 35.9 Å². The van der Waals surface area contributed by atoms with Crippen molar-refractivity contribution in [3.05, 3.63) is 57.8 Å². The van der Waals surface area contributed by atoms with Crippen LogP contribution in [0.15, 0.2) is 41.8 Å². The molecule has 2 atom stereocenters. The van der Waals surface area contributed by atoms with Crippen molar-refractivity contribution < 1.29 is 9.59 Å². The second kappa shape index (κ2) is 7.18. The number of carbonyl (C=O) groups is 2. The first-order valence-corrected chi connectivity index (χ1v) is 9.05. The van der Waals surface area contributed by atoms with E-state index in [2.05, 4.69) is 35.8 Å². The van der Waals surface area contributed by atoms with E-state index < -0.39 is 0 Å². The van der Waals surface area contributed by atoms with Gasteiger partial charge in [0, 0.05) is 24.9 Å². The van der Waals surface area contributed by atoms with Crippen LogP contribution in [0.2, 0.25) is 0 Å². The molecule has 0 bridgehead atoms. The SMILES string of the molecule is Cc1ccsc1[C@@H](Cc1ccccc1)NC(=O)[C@H]1CC(=O)N(C)C1. The molecule has 1 aromatic carbocycles. The van der Waals surface area contributed by atoms with Gasteiger partial charge in [-0.25, -0.2) is 0 Å². The molecule has 1 aromatic heterocycles. The topological polar surface area (TPSA) is 49.4 Å². The number of likely N-dealkylation sites (tertiary alicyclic amines) is 1. The van der Waals surface area contributed by atoms with E-state index in [0.717, 1.165) is 6.42 Å². The van der Waals surface area contributed by atoms with Crippen LogP contribution in [0, 0.1) is 12.8 Å². The molecular weight excluding hydrogens is 320 g/mol. The molecule has 2 amide bonds. The standard InChI is InChI=1S/C19H22N2O2S/c1-13-8-9-24-18(13)16(10-14-6-4-3-5-7-14)20-19(23)15-11-17(22)21(2)12-15/h3-9,15-16H,10-12H2,1-2H3,(H,20,23)/t15-,16+/m0/s1. The minimum atomic E-state index is -0.249. The highest BCUT2D eigenvalue weighted by Gasteiger charge is 2.33. The lowest BCUT2D eigenvalue weighted by Crippen LogP contribution is -2.36. The molecule has 3 rings (SSSR count). The van der Waals surface area contributed by atoms with Gasteiger partial charge in [0.1, 0.15) is 0 Å². The van der Waals surface area contributed by atoms with E-state index in [1.54, 1.807) is 23.3 Å². The molecule has 0 saturated carbocycles. The van der Waals surface area contributed by atoms with Crippen molar-refractivity contribution >= 4 is 23.2 Å². The maximum absolute atomic E-state index is 12.7. The zero-order valence-electron chi connectivity index (χ0n) is 14.0. The fourth-order valence-electron chi connectivity index (χ4n) is 3.13. The molecule has 0 radical (unpaired) electrons. The molecule has 0 unspecified atom stereocenters. The van der Waals surface area contributed by atoms with E-state index in [9.17, 15) is 9.59 Å². The fraction of sp³-hybridized carbons (Fsp3) is 0.368. The highest BCUT2D eigenvalue weighted by atomic mass is 32.1. The maximum atomic E-state index is 12.7. The summed E-state index contributed by atoms with van der Waals surface area (Å²) in [6.07, 6.45) is 1.06. The summed E-state index contributed by atoms with van der Waals surface area (Å²) in [5.74, 6) is -0.232. The van der Waals surface area contributed by atoms with E-state index in [-0.39, 0.29) is 23.8 Å². The molecule has 5 heteroatoms. The summed E-state index contributed by atoms with van der Waals surface area (Å²) >= 11 is 1.67. The van der Waals surface area contributed by atoms with Gasteiger partial charge < -0.3 is 10.2 Å². The number of nitrogens with zero attached hydrogens (tertiary/aromatic N) is 1. The van der Waals surface area contributed by atoms with Gasteiger partial charge in [0.25, 0.3) is 0 Å². The Balaban J connectivity index is 1.76. The zero-order valence-corrected chi connectivity index (χ0v) is 14.8. The quantitative estimate of drug-likeness (QED) is 0.908. The third kappa shape index (κ3) is 3.67. The van der Waals surface area contributed by atoms with Gasteiger partial charge in [-0.1, -0.05) is 30.3 Å². The number of nitrogens with one attached hydrogen (secondary N) is 1. The minimum absolute atomic E-state index is 0.0265. The molecule has 1 N–H and O–H groups in total. The van der Waals surface area contributed by atoms with Gasteiger partial charge in [-0.15, -0.1) is 11.3 Å². The van der Waals surface area contributed by atoms with Crippen LogP contribution in [-0.4, -0.2) is 30.3 Å². The van der Waals surface area contributed by atoms with Crippen molar-refractivity contribution in [3.63, 3.8) is 0 Å². The summed E-state index contributed by atoms with van der Waals surface area (Å²) < 4.78 is 0. The van der Waals surface area contributed by atoms with Crippen LogP contribution in [0.3, 0.4) is 0 Å². The van der Waals surface area contributed by atoms with Crippen LogP contribution in [0.4, 0.5) is 0 Å². The van der Waals surface area contributed by atoms with Crippen LogP contribution >= 0.6 is 11.3 Å². The van der Waals surface area contributed by atoms with Crippen molar-refractivity contribution in [3.8, 4) is 0 Å². The Hall–Kier alpha value is -2.14. The van der Waals surface area contributed by atoms with E-state index >= 15 is 0 Å². The molecule has 0 aliphatic carbocycles. The average molecular weight is 342 g/mol. The van der Waals surface area contributed by atoms with Crippen LogP contribution in [-0.2, 0) is 16.0 Å². The van der Waals surface area contributed by atoms with Gasteiger partial charge >= 0.3 is 0 Å². The number of aryl methyl sites for hydroxylation is 1. The lowest BCUT2D eigenvalue weighted by molar-refractivity contribution is -0.128. The molecule has 24 heavy (non-hydrogen) atoms. The smallest absolute Gasteiger partial charge is 0.225 e. The molecule has 1 saturated heterocycles. The number of benzene rings is 1. The Kier molecular flexibility index (Phi) is 5.00. The molecule has 2 heterocycles. The number of carbonyl (C=O) groups excluding carboxylic acids is 2. The lowest BCUT2D eigenvalue weighted by atomic mass is 10.0. The van der Waals surface area contributed by atoms with Gasteiger partial charge in [-0.2, -0.15) is 0 Å². The number of amides is 2. The first-order chi connectivity index (χ1) is 11.5. The van der Waals surface area contributed by atoms with Gasteiger partial charge in [0.2, 0.25) is 11.8 Å². The Labute approximate surface area is 146 Å². The monoisotopic (exact) mass is 342 g/mol. The van der Waals surface area contributed by atoms with E-state index in [0.29, 0.717) is 13.0 Å². The third-order valence-electron chi connectivity index (χ3n) is 4.53. The van der Waals surface area contributed by atoms with Crippen LogP contribution in [0.25, 0.3) is 0 Å². The number of hydrogen-bond donors (Lipinski definition) is 1. The Morgan fingerprint density at radius 3 is 2.67 bits per heavy atom. The average Bonchev–Trinajstić information content (AvgIpc) is 3.14. The van der Waals surface area contributed by atoms with Crippen molar-refractivity contribution in [1.29, 1.82) is 0 Å². The number of thiophene rings is 1. The molecule has 1 fully saturated rings. The second-order valence-electron chi connectivity index (χ2n) is 6.39. The fourth-order valence-corrected chi connectivity index (χ4v) is 4.11. The van der Waals surface area contributed by atoms with Crippen molar-refractivity contribution in [1.82, 2.24) is 10.2 Å². The van der Waals surface area contributed by atoms with Gasteiger partial charge in [0.15, 0.2) is 0 Å². The van der Waals surface area contributed by atoms with Gasteiger partial charge in [-0.3, -0.25) is 9.59 Å². The first kappa shape index (κ1) is 16.7. The Bertz CT molecular complexity index is 726. The van der Waals surface area contributed by atoms with Crippen LogP contribution in [0.5, 0.6) is 0 Å². The minimum Gasteiger partial charge on any atom is -0.348 e. The molecule has 126 valence electrons. The normalized spacial score (nSPS) is 18.7. The summed E-state index contributed by atoms with van der Waals surface area (Å²) in [6.45, 7) is 2.58. The summed E-state index contributed by atoms with van der Waals surface area (Å²) in [5, 5.41) is 5.24. The Morgan fingerprint density at radius 1 is 1.33 bits per heavy atom. The first-order valence-electron chi connectivity index (χ1n) is 8.17. The van der Waals surface area contributed by atoms with Crippen molar-refractivity contribution in [2.24, 2.45) is 5.92 Å². The van der Waals surface area contributed by atoms with Gasteiger partial charge in [0.05, 0.1) is 12.0 Å². The number of hydrogen-bond acceptors (Lipinski definition) is 3. The highest BCUT2D eigenvalue weighted by Crippen LogP contribution is 2.28. The molecule has 0 spiro atoms. The van der Waals surface area contributed by atoms with E-state index in [4.69, 9.17) is 0 Å². The Morgan fingerprint density at radius 2 is 2.08 bits per heavy atom. The predicted molar refractivity (Wildman–Crippen MR) is 95.8 cm³/mol. The highest BCUT2D eigenvalue weighted by molar-refractivity contribution is 7.10. The third-order valence-corrected chi connectivity index (χ3v) is 5.66. The largest absolute Gasteiger partial charge is 0.348 e. The van der Waals surface area contributed by atoms with Crippen LogP contribution < -0.4 is 5.32 Å². The van der Waals surface area contributed by atoms with Crippen molar-refractivity contribution in [2.45, 2.75) is 25.8 Å². The van der Waals surface area contributed by atoms with Crippen LogP contribution in [0.1, 0.15) is 28.5 Å². The molecular formula is C19H22N2O2S. The number of rotatable bonds is 5.